The summed E-state index contributed by atoms with van der Waals surface area (Å²) in [5.74, 6) is -0.239. The third-order valence-corrected chi connectivity index (χ3v) is 4.33. The van der Waals surface area contributed by atoms with Crippen LogP contribution in [-0.2, 0) is 10.3 Å². The van der Waals surface area contributed by atoms with Crippen molar-refractivity contribution in [1.82, 2.24) is 16.0 Å². The average Bonchev–Trinajstić information content (AvgIpc) is 2.71. The first-order valence-corrected chi connectivity index (χ1v) is 9.29. The van der Waals surface area contributed by atoms with Gasteiger partial charge < -0.3 is 21.7 Å². The number of urea groups is 1. The quantitative estimate of drug-likeness (QED) is 0.510. The summed E-state index contributed by atoms with van der Waals surface area (Å²) < 4.78 is 0. The van der Waals surface area contributed by atoms with E-state index in [0.717, 1.165) is 24.0 Å². The predicted octanol–water partition coefficient (Wildman–Crippen LogP) is 2.10. The van der Waals surface area contributed by atoms with Crippen molar-refractivity contribution in [2.45, 2.75) is 25.3 Å². The molecule has 6 heteroatoms. The maximum Gasteiger partial charge on any atom is 0.314 e. The van der Waals surface area contributed by atoms with Crippen LogP contribution < -0.4 is 21.7 Å². The molecule has 0 saturated heterocycles. The fourth-order valence-electron chi connectivity index (χ4n) is 2.85. The molecule has 0 aliphatic rings. The minimum atomic E-state index is -1.25. The SMILES string of the molecule is CCNC(=O)NCCCCNC(=O)C(N)(c1ccccc1)c1ccccc1. The van der Waals surface area contributed by atoms with Crippen LogP contribution in [0.2, 0.25) is 0 Å². The Balaban J connectivity index is 1.95. The van der Waals surface area contributed by atoms with Crippen LogP contribution in [0, 0.1) is 0 Å². The number of rotatable bonds is 9. The fraction of sp³-hybridized carbons (Fsp3) is 0.333. The molecule has 0 radical (unpaired) electrons. The Morgan fingerprint density at radius 1 is 0.815 bits per heavy atom. The summed E-state index contributed by atoms with van der Waals surface area (Å²) in [7, 11) is 0. The normalized spacial score (nSPS) is 10.9. The third kappa shape index (κ3) is 5.56. The van der Waals surface area contributed by atoms with Crippen LogP contribution in [0.1, 0.15) is 30.9 Å². The number of hydrogen-bond acceptors (Lipinski definition) is 3. The van der Waals surface area contributed by atoms with Gasteiger partial charge in [0.05, 0.1) is 0 Å². The van der Waals surface area contributed by atoms with E-state index in [9.17, 15) is 9.59 Å². The van der Waals surface area contributed by atoms with Gasteiger partial charge in [-0.15, -0.1) is 0 Å². The molecule has 6 nitrogen and oxygen atoms in total. The lowest BCUT2D eigenvalue weighted by Crippen LogP contribution is -2.52. The molecule has 27 heavy (non-hydrogen) atoms. The number of unbranched alkanes of at least 4 members (excludes halogenated alkanes) is 1. The Hall–Kier alpha value is -2.86. The molecular weight excluding hydrogens is 340 g/mol. The second kappa shape index (κ2) is 10.3. The molecule has 0 aliphatic heterocycles. The summed E-state index contributed by atoms with van der Waals surface area (Å²) >= 11 is 0. The van der Waals surface area contributed by atoms with Gasteiger partial charge in [-0.05, 0) is 30.9 Å². The number of nitrogens with two attached hydrogens (primary N) is 1. The number of amides is 3. The van der Waals surface area contributed by atoms with E-state index in [1.807, 2.05) is 67.6 Å². The molecule has 0 fully saturated rings. The van der Waals surface area contributed by atoms with Crippen molar-refractivity contribution >= 4 is 11.9 Å². The molecule has 3 amide bonds. The molecule has 0 heterocycles. The highest BCUT2D eigenvalue weighted by molar-refractivity contribution is 5.91. The summed E-state index contributed by atoms with van der Waals surface area (Å²) in [6.07, 6.45) is 1.52. The molecule has 2 rings (SSSR count). The maximum atomic E-state index is 13.0. The van der Waals surface area contributed by atoms with Gasteiger partial charge in [-0.2, -0.15) is 0 Å². The number of carbonyl (C=O) groups is 2. The Morgan fingerprint density at radius 3 is 1.78 bits per heavy atom. The number of carbonyl (C=O) groups excluding carboxylic acids is 2. The molecule has 5 N–H and O–H groups in total. The van der Waals surface area contributed by atoms with Crippen molar-refractivity contribution in [2.24, 2.45) is 5.73 Å². The minimum absolute atomic E-state index is 0.171. The Bertz CT molecular complexity index is 680. The topological polar surface area (TPSA) is 96.2 Å². The van der Waals surface area contributed by atoms with E-state index in [2.05, 4.69) is 16.0 Å². The zero-order valence-electron chi connectivity index (χ0n) is 15.7. The summed E-state index contributed by atoms with van der Waals surface area (Å²) in [4.78, 5) is 24.3. The van der Waals surface area contributed by atoms with Gasteiger partial charge in [0, 0.05) is 19.6 Å². The van der Waals surface area contributed by atoms with Crippen molar-refractivity contribution in [3.05, 3.63) is 71.8 Å². The molecule has 0 atom stereocenters. The molecule has 0 aromatic heterocycles. The molecule has 0 unspecified atom stereocenters. The van der Waals surface area contributed by atoms with Crippen LogP contribution in [0.5, 0.6) is 0 Å². The van der Waals surface area contributed by atoms with E-state index < -0.39 is 5.54 Å². The number of benzene rings is 2. The second-order valence-electron chi connectivity index (χ2n) is 6.29. The lowest BCUT2D eigenvalue weighted by atomic mass is 9.83. The van der Waals surface area contributed by atoms with Gasteiger partial charge >= 0.3 is 6.03 Å². The summed E-state index contributed by atoms with van der Waals surface area (Å²) in [6, 6.07) is 18.6. The van der Waals surface area contributed by atoms with Crippen LogP contribution in [-0.4, -0.2) is 31.6 Å². The lowest BCUT2D eigenvalue weighted by molar-refractivity contribution is -0.125. The van der Waals surface area contributed by atoms with E-state index >= 15 is 0 Å². The van der Waals surface area contributed by atoms with Crippen LogP contribution in [0.3, 0.4) is 0 Å². The standard InChI is InChI=1S/C21H28N4O2/c1-2-23-20(27)25-16-10-9-15-24-19(26)21(22,17-11-5-3-6-12-17)18-13-7-4-8-14-18/h3-8,11-14H,2,9-10,15-16,22H2,1H3,(H,24,26)(H2,23,25,27). The third-order valence-electron chi connectivity index (χ3n) is 4.33. The monoisotopic (exact) mass is 368 g/mol. The molecule has 0 spiro atoms. The first-order chi connectivity index (χ1) is 13.1. The lowest BCUT2D eigenvalue weighted by Gasteiger charge is -2.29. The average molecular weight is 368 g/mol. The molecule has 2 aromatic carbocycles. The smallest absolute Gasteiger partial charge is 0.314 e. The Labute approximate surface area is 160 Å². The molecule has 2 aromatic rings. The largest absolute Gasteiger partial charge is 0.354 e. The maximum absolute atomic E-state index is 13.0. The van der Waals surface area contributed by atoms with Crippen molar-refractivity contribution in [3.63, 3.8) is 0 Å². The van der Waals surface area contributed by atoms with Crippen LogP contribution in [0.4, 0.5) is 4.79 Å². The zero-order chi connectivity index (χ0) is 19.5. The molecule has 0 aliphatic carbocycles. The van der Waals surface area contributed by atoms with Gasteiger partial charge in [-0.25, -0.2) is 4.79 Å². The first-order valence-electron chi connectivity index (χ1n) is 9.29. The van der Waals surface area contributed by atoms with Crippen molar-refractivity contribution in [2.75, 3.05) is 19.6 Å². The van der Waals surface area contributed by atoms with Crippen molar-refractivity contribution < 1.29 is 9.59 Å². The number of nitrogens with one attached hydrogen (secondary N) is 3. The van der Waals surface area contributed by atoms with Crippen LogP contribution >= 0.6 is 0 Å². The van der Waals surface area contributed by atoms with E-state index in [4.69, 9.17) is 5.73 Å². The first kappa shape index (κ1) is 20.5. The van der Waals surface area contributed by atoms with E-state index in [0.29, 0.717) is 19.6 Å². The molecular formula is C21H28N4O2. The van der Waals surface area contributed by atoms with Gasteiger partial charge in [-0.1, -0.05) is 60.7 Å². The molecule has 144 valence electrons. The fourth-order valence-corrected chi connectivity index (χ4v) is 2.85. The van der Waals surface area contributed by atoms with Gasteiger partial charge in [0.1, 0.15) is 5.54 Å². The van der Waals surface area contributed by atoms with Crippen LogP contribution in [0.15, 0.2) is 60.7 Å². The Kier molecular flexibility index (Phi) is 7.82. The predicted molar refractivity (Wildman–Crippen MR) is 107 cm³/mol. The zero-order valence-corrected chi connectivity index (χ0v) is 15.7. The van der Waals surface area contributed by atoms with Gasteiger partial charge in [0.15, 0.2) is 0 Å². The molecule has 0 bridgehead atoms. The summed E-state index contributed by atoms with van der Waals surface area (Å²) in [5, 5.41) is 8.38. The van der Waals surface area contributed by atoms with Gasteiger partial charge in [0.25, 0.3) is 0 Å². The van der Waals surface area contributed by atoms with Crippen molar-refractivity contribution in [1.29, 1.82) is 0 Å². The highest BCUT2D eigenvalue weighted by Gasteiger charge is 2.37. The Morgan fingerprint density at radius 2 is 1.30 bits per heavy atom. The summed E-state index contributed by atoms with van der Waals surface area (Å²) in [5.41, 5.74) is 6.86. The second-order valence-corrected chi connectivity index (χ2v) is 6.29. The number of hydrogen-bond donors (Lipinski definition) is 4. The minimum Gasteiger partial charge on any atom is -0.354 e. The van der Waals surface area contributed by atoms with E-state index in [-0.39, 0.29) is 11.9 Å². The summed E-state index contributed by atoms with van der Waals surface area (Å²) in [6.45, 7) is 3.52. The highest BCUT2D eigenvalue weighted by atomic mass is 16.2. The molecule has 0 saturated carbocycles. The van der Waals surface area contributed by atoms with E-state index in [1.54, 1.807) is 0 Å². The van der Waals surface area contributed by atoms with Crippen molar-refractivity contribution in [3.8, 4) is 0 Å². The van der Waals surface area contributed by atoms with Gasteiger partial charge in [-0.3, -0.25) is 4.79 Å². The van der Waals surface area contributed by atoms with E-state index in [1.165, 1.54) is 0 Å². The van der Waals surface area contributed by atoms with Crippen LogP contribution in [0.25, 0.3) is 0 Å². The van der Waals surface area contributed by atoms with Gasteiger partial charge in [0.2, 0.25) is 5.91 Å². The highest BCUT2D eigenvalue weighted by Crippen LogP contribution is 2.27.